The van der Waals surface area contributed by atoms with Crippen LogP contribution >= 0.6 is 0 Å². The summed E-state index contributed by atoms with van der Waals surface area (Å²) in [6, 6.07) is 0. The minimum absolute atomic E-state index is 0.191. The van der Waals surface area contributed by atoms with Crippen LogP contribution in [0.3, 0.4) is 0 Å². The first-order valence-electron chi connectivity index (χ1n) is 6.79. The molecule has 1 rings (SSSR count). The summed E-state index contributed by atoms with van der Waals surface area (Å²) in [5.41, 5.74) is 0. The lowest BCUT2D eigenvalue weighted by molar-refractivity contribution is -0.128. The van der Waals surface area contributed by atoms with Gasteiger partial charge in [-0.1, -0.05) is 32.6 Å². The summed E-state index contributed by atoms with van der Waals surface area (Å²) in [7, 11) is 0. The zero-order valence-corrected chi connectivity index (χ0v) is 11.2. The van der Waals surface area contributed by atoms with E-state index < -0.39 is 0 Å². The number of allylic oxidation sites excluding steroid dienone is 2. The Bertz CT molecular complexity index is 283. The van der Waals surface area contributed by atoms with Gasteiger partial charge in [-0.15, -0.1) is 0 Å². The Morgan fingerprint density at radius 3 is 2.71 bits per heavy atom. The lowest BCUT2D eigenvalue weighted by Gasteiger charge is -2.16. The molecule has 0 bridgehead atoms. The second-order valence-corrected chi connectivity index (χ2v) is 4.80. The second kappa shape index (κ2) is 7.31. The summed E-state index contributed by atoms with van der Waals surface area (Å²) in [4.78, 5) is 13.3. The number of rotatable bonds is 8. The molecule has 0 saturated heterocycles. The summed E-state index contributed by atoms with van der Waals surface area (Å²) < 4.78 is 0. The second-order valence-electron chi connectivity index (χ2n) is 4.80. The summed E-state index contributed by atoms with van der Waals surface area (Å²) in [5, 5.41) is 0. The average Bonchev–Trinajstić information content (AvgIpc) is 3.09. The van der Waals surface area contributed by atoms with Gasteiger partial charge in [-0.2, -0.15) is 0 Å². The molecule has 2 heteroatoms. The fourth-order valence-corrected chi connectivity index (χ4v) is 2.22. The molecule has 0 heterocycles. The highest BCUT2D eigenvalue weighted by Crippen LogP contribution is 2.42. The molecule has 17 heavy (non-hydrogen) atoms. The Labute approximate surface area is 105 Å². The topological polar surface area (TPSA) is 20.3 Å². The molecular weight excluding hydrogens is 210 g/mol. The van der Waals surface area contributed by atoms with Gasteiger partial charge in [0.2, 0.25) is 5.91 Å². The molecule has 0 unspecified atom stereocenters. The van der Waals surface area contributed by atoms with Crippen molar-refractivity contribution < 1.29 is 4.79 Å². The quantitative estimate of drug-likeness (QED) is 0.587. The average molecular weight is 235 g/mol. The maximum absolute atomic E-state index is 11.6. The van der Waals surface area contributed by atoms with Gasteiger partial charge >= 0.3 is 0 Å². The molecule has 0 aliphatic heterocycles. The highest BCUT2D eigenvalue weighted by molar-refractivity contribution is 5.76. The first-order valence-corrected chi connectivity index (χ1v) is 6.79. The molecule has 1 saturated carbocycles. The molecule has 2 nitrogen and oxygen atoms in total. The van der Waals surface area contributed by atoms with Crippen molar-refractivity contribution in [2.45, 2.75) is 46.0 Å². The van der Waals surface area contributed by atoms with E-state index in [0.29, 0.717) is 12.3 Å². The zero-order valence-electron chi connectivity index (χ0n) is 11.2. The van der Waals surface area contributed by atoms with Crippen molar-refractivity contribution in [2.75, 3.05) is 6.54 Å². The minimum Gasteiger partial charge on any atom is -0.319 e. The lowest BCUT2D eigenvalue weighted by Crippen LogP contribution is -2.27. The van der Waals surface area contributed by atoms with Crippen LogP contribution in [-0.2, 0) is 4.79 Å². The largest absolute Gasteiger partial charge is 0.319 e. The Hall–Kier alpha value is -1.05. The third kappa shape index (κ3) is 4.76. The van der Waals surface area contributed by atoms with Gasteiger partial charge in [0, 0.05) is 13.0 Å². The maximum atomic E-state index is 11.6. The predicted octanol–water partition coefficient (Wildman–Crippen LogP) is 3.75. The predicted molar refractivity (Wildman–Crippen MR) is 72.5 cm³/mol. The van der Waals surface area contributed by atoms with Gasteiger partial charge in [0.1, 0.15) is 0 Å². The van der Waals surface area contributed by atoms with Crippen LogP contribution < -0.4 is 0 Å². The summed E-state index contributed by atoms with van der Waals surface area (Å²) in [6.45, 7) is 8.65. The molecule has 1 fully saturated rings. The third-order valence-electron chi connectivity index (χ3n) is 3.45. The van der Waals surface area contributed by atoms with Crippen LogP contribution in [0.2, 0.25) is 0 Å². The van der Waals surface area contributed by atoms with E-state index in [-0.39, 0.29) is 5.91 Å². The van der Waals surface area contributed by atoms with E-state index in [4.69, 9.17) is 0 Å². The summed E-state index contributed by atoms with van der Waals surface area (Å²) in [6.07, 6.45) is 11.6. The van der Waals surface area contributed by atoms with E-state index in [2.05, 4.69) is 25.7 Å². The molecule has 1 amide bonds. The zero-order chi connectivity index (χ0) is 12.7. The normalized spacial score (nSPS) is 22.7. The Morgan fingerprint density at radius 1 is 1.35 bits per heavy atom. The molecule has 2 atom stereocenters. The van der Waals surface area contributed by atoms with Crippen molar-refractivity contribution in [2.24, 2.45) is 11.8 Å². The van der Waals surface area contributed by atoms with E-state index in [9.17, 15) is 4.79 Å². The number of hydrogen-bond donors (Lipinski definition) is 0. The van der Waals surface area contributed by atoms with Crippen molar-refractivity contribution >= 4 is 5.91 Å². The van der Waals surface area contributed by atoms with Gasteiger partial charge in [-0.3, -0.25) is 4.79 Å². The van der Waals surface area contributed by atoms with E-state index in [1.807, 2.05) is 6.92 Å². The van der Waals surface area contributed by atoms with Gasteiger partial charge in [-0.25, -0.2) is 0 Å². The van der Waals surface area contributed by atoms with Crippen LogP contribution in [0.1, 0.15) is 46.0 Å². The van der Waals surface area contributed by atoms with Crippen LogP contribution in [0.4, 0.5) is 0 Å². The third-order valence-corrected chi connectivity index (χ3v) is 3.45. The minimum atomic E-state index is 0.191. The first kappa shape index (κ1) is 14.0. The number of carbonyl (C=O) groups excluding carboxylic acids is 1. The molecule has 0 radical (unpaired) electrons. The molecule has 1 aliphatic rings. The Balaban J connectivity index is 2.20. The SMILES string of the molecule is C=CN(C[C@@H]1C[C@@H]1CC/C=C\CC)C(=O)CC. The first-order chi connectivity index (χ1) is 8.22. The summed E-state index contributed by atoms with van der Waals surface area (Å²) in [5.74, 6) is 1.72. The summed E-state index contributed by atoms with van der Waals surface area (Å²) >= 11 is 0. The molecule has 0 spiro atoms. The van der Waals surface area contributed by atoms with E-state index in [1.54, 1.807) is 11.1 Å². The van der Waals surface area contributed by atoms with Crippen molar-refractivity contribution in [3.05, 3.63) is 24.9 Å². The molecule has 0 N–H and O–H groups in total. The van der Waals surface area contributed by atoms with Gasteiger partial charge < -0.3 is 4.90 Å². The highest BCUT2D eigenvalue weighted by Gasteiger charge is 2.37. The maximum Gasteiger partial charge on any atom is 0.226 e. The van der Waals surface area contributed by atoms with Gasteiger partial charge in [0.15, 0.2) is 0 Å². The molecular formula is C15H25NO. The van der Waals surface area contributed by atoms with Crippen LogP contribution in [-0.4, -0.2) is 17.4 Å². The number of hydrogen-bond acceptors (Lipinski definition) is 1. The van der Waals surface area contributed by atoms with Crippen LogP contribution in [0.15, 0.2) is 24.9 Å². The highest BCUT2D eigenvalue weighted by atomic mass is 16.2. The van der Waals surface area contributed by atoms with Crippen LogP contribution in [0.5, 0.6) is 0 Å². The fourth-order valence-electron chi connectivity index (χ4n) is 2.22. The Kier molecular flexibility index (Phi) is 6.03. The van der Waals surface area contributed by atoms with Crippen molar-refractivity contribution in [1.29, 1.82) is 0 Å². The van der Waals surface area contributed by atoms with Gasteiger partial charge in [0.25, 0.3) is 0 Å². The van der Waals surface area contributed by atoms with Crippen molar-refractivity contribution in [3.8, 4) is 0 Å². The van der Waals surface area contributed by atoms with E-state index in [0.717, 1.165) is 18.9 Å². The van der Waals surface area contributed by atoms with E-state index in [1.165, 1.54) is 19.3 Å². The van der Waals surface area contributed by atoms with Gasteiger partial charge in [-0.05, 0) is 43.7 Å². The lowest BCUT2D eigenvalue weighted by atomic mass is 10.1. The standard InChI is InChI=1S/C15H25NO/c1-4-7-8-9-10-13-11-14(13)12-16(6-3)15(17)5-2/h6-8,13-14H,3-5,9-12H2,1-2H3/b8-7-/t13-,14-/m0/s1. The molecule has 1 aliphatic carbocycles. The van der Waals surface area contributed by atoms with Crippen molar-refractivity contribution in [3.63, 3.8) is 0 Å². The number of carbonyl (C=O) groups is 1. The fraction of sp³-hybridized carbons (Fsp3) is 0.667. The molecule has 0 aromatic rings. The molecule has 0 aromatic heterocycles. The number of amides is 1. The van der Waals surface area contributed by atoms with Crippen LogP contribution in [0.25, 0.3) is 0 Å². The monoisotopic (exact) mass is 235 g/mol. The molecule has 0 aromatic carbocycles. The Morgan fingerprint density at radius 2 is 2.12 bits per heavy atom. The van der Waals surface area contributed by atoms with Crippen molar-refractivity contribution in [1.82, 2.24) is 4.90 Å². The smallest absolute Gasteiger partial charge is 0.226 e. The number of nitrogens with zero attached hydrogens (tertiary/aromatic N) is 1. The van der Waals surface area contributed by atoms with Gasteiger partial charge in [0.05, 0.1) is 0 Å². The van der Waals surface area contributed by atoms with Crippen LogP contribution in [0, 0.1) is 11.8 Å². The molecule has 96 valence electrons. The van der Waals surface area contributed by atoms with E-state index >= 15 is 0 Å².